The van der Waals surface area contributed by atoms with E-state index in [4.69, 9.17) is 4.74 Å². The average molecular weight is 477 g/mol. The third kappa shape index (κ3) is 5.16. The number of thiazole rings is 1. The number of likely N-dealkylation sites (tertiary alicyclic amines) is 1. The summed E-state index contributed by atoms with van der Waals surface area (Å²) in [7, 11) is 0. The number of rotatable bonds is 5. The molecule has 1 saturated heterocycles. The molecule has 9 nitrogen and oxygen atoms in total. The molecule has 2 aromatic heterocycles. The van der Waals surface area contributed by atoms with Crippen molar-refractivity contribution in [3.8, 4) is 5.69 Å². The van der Waals surface area contributed by atoms with Gasteiger partial charge in [-0.25, -0.2) is 28.2 Å². The van der Waals surface area contributed by atoms with Crippen LogP contribution < -0.4 is 5.32 Å². The molecule has 0 aliphatic carbocycles. The van der Waals surface area contributed by atoms with E-state index in [1.54, 1.807) is 24.9 Å². The van der Waals surface area contributed by atoms with E-state index in [2.05, 4.69) is 20.4 Å². The van der Waals surface area contributed by atoms with Crippen LogP contribution in [0.1, 0.15) is 47.8 Å². The number of amides is 2. The lowest BCUT2D eigenvalue weighted by atomic mass is 9.96. The van der Waals surface area contributed by atoms with E-state index in [-0.39, 0.29) is 28.9 Å². The minimum atomic E-state index is -1.02. The summed E-state index contributed by atoms with van der Waals surface area (Å²) in [4.78, 5) is 35.1. The fourth-order valence-electron chi connectivity index (χ4n) is 3.57. The number of ether oxygens (including phenoxy) is 1. The number of nitrogens with zero attached hydrogens (tertiary/aromatic N) is 5. The number of hydrogen-bond acceptors (Lipinski definition) is 7. The second kappa shape index (κ2) is 9.61. The highest BCUT2D eigenvalue weighted by Gasteiger charge is 2.27. The second-order valence-electron chi connectivity index (χ2n) is 7.84. The maximum atomic E-state index is 14.5. The Bertz CT molecular complexity index is 1120. The molecule has 0 radical (unpaired) electrons. The Morgan fingerprint density at radius 3 is 2.52 bits per heavy atom. The summed E-state index contributed by atoms with van der Waals surface area (Å²) in [6.45, 7) is 4.73. The normalized spacial score (nSPS) is 14.5. The largest absolute Gasteiger partial charge is 0.447 e. The quantitative estimate of drug-likeness (QED) is 0.598. The lowest BCUT2D eigenvalue weighted by Crippen LogP contribution is -2.39. The van der Waals surface area contributed by atoms with Gasteiger partial charge >= 0.3 is 6.09 Å². The smallest absolute Gasteiger partial charge is 0.410 e. The molecule has 1 aliphatic heterocycles. The molecule has 2 amide bonds. The number of piperidine rings is 1. The second-order valence-corrected chi connectivity index (χ2v) is 8.90. The van der Waals surface area contributed by atoms with Crippen LogP contribution in [0.4, 0.5) is 18.7 Å². The average Bonchev–Trinajstić information content (AvgIpc) is 3.45. The Hall–Kier alpha value is -3.41. The standard InChI is InChI=1S/C21H22F2N6O3S/c1-12(2)32-21(31)28-5-3-13(4-6-28)17-9-25-20(33-17)27-19(30)18-15(22)7-14(8-16(18)23)29-11-24-10-26-29/h7-13H,3-6H2,1-2H3,(H,25,27,30). The van der Waals surface area contributed by atoms with E-state index >= 15 is 0 Å². The molecule has 0 unspecified atom stereocenters. The fourth-order valence-corrected chi connectivity index (χ4v) is 4.55. The molecular weight excluding hydrogens is 454 g/mol. The number of hydrogen-bond donors (Lipinski definition) is 1. The molecule has 0 spiro atoms. The van der Waals surface area contributed by atoms with E-state index in [0.717, 1.165) is 29.9 Å². The van der Waals surface area contributed by atoms with Gasteiger partial charge in [-0.1, -0.05) is 0 Å². The number of benzene rings is 1. The Morgan fingerprint density at radius 2 is 1.91 bits per heavy atom. The predicted molar refractivity (Wildman–Crippen MR) is 117 cm³/mol. The van der Waals surface area contributed by atoms with Gasteiger partial charge in [0.25, 0.3) is 5.91 Å². The fraction of sp³-hybridized carbons (Fsp3) is 0.381. The Kier molecular flexibility index (Phi) is 6.63. The number of carbonyl (C=O) groups is 2. The summed E-state index contributed by atoms with van der Waals surface area (Å²) >= 11 is 1.25. The van der Waals surface area contributed by atoms with Crippen LogP contribution in [0, 0.1) is 11.6 Å². The number of carbonyl (C=O) groups excluding carboxylic acids is 2. The van der Waals surface area contributed by atoms with Crippen LogP contribution >= 0.6 is 11.3 Å². The molecule has 12 heteroatoms. The predicted octanol–water partition coefficient (Wildman–Crippen LogP) is 3.98. The molecule has 1 N–H and O–H groups in total. The summed E-state index contributed by atoms with van der Waals surface area (Å²) in [6, 6.07) is 2.02. The van der Waals surface area contributed by atoms with Crippen LogP contribution in [0.2, 0.25) is 0 Å². The van der Waals surface area contributed by atoms with Crippen molar-refractivity contribution in [1.82, 2.24) is 24.6 Å². The van der Waals surface area contributed by atoms with E-state index in [1.165, 1.54) is 28.7 Å². The van der Waals surface area contributed by atoms with Gasteiger partial charge in [0.1, 0.15) is 29.9 Å². The van der Waals surface area contributed by atoms with Crippen molar-refractivity contribution in [2.24, 2.45) is 0 Å². The van der Waals surface area contributed by atoms with Gasteiger partial charge in [0, 0.05) is 36.3 Å². The summed E-state index contributed by atoms with van der Waals surface area (Å²) in [5.41, 5.74) is -0.591. The molecular formula is C21H22F2N6O3S. The molecule has 3 aromatic rings. The molecule has 3 heterocycles. The van der Waals surface area contributed by atoms with Crippen LogP contribution in [0.3, 0.4) is 0 Å². The molecule has 0 bridgehead atoms. The minimum absolute atomic E-state index is 0.110. The third-order valence-electron chi connectivity index (χ3n) is 5.17. The van der Waals surface area contributed by atoms with Crippen molar-refractivity contribution in [3.63, 3.8) is 0 Å². The SMILES string of the molecule is CC(C)OC(=O)N1CCC(c2cnc(NC(=O)c3c(F)cc(-n4cncn4)cc3F)s2)CC1. The highest BCUT2D eigenvalue weighted by Crippen LogP contribution is 2.34. The van der Waals surface area contributed by atoms with Gasteiger partial charge in [0.15, 0.2) is 5.13 Å². The molecule has 1 aliphatic rings. The Morgan fingerprint density at radius 1 is 1.21 bits per heavy atom. The van der Waals surface area contributed by atoms with Crippen molar-refractivity contribution < 1.29 is 23.1 Å². The zero-order chi connectivity index (χ0) is 23.5. The van der Waals surface area contributed by atoms with Crippen molar-refractivity contribution in [2.45, 2.75) is 38.7 Å². The van der Waals surface area contributed by atoms with E-state index < -0.39 is 23.1 Å². The van der Waals surface area contributed by atoms with Gasteiger partial charge in [-0.15, -0.1) is 11.3 Å². The highest BCUT2D eigenvalue weighted by atomic mass is 32.1. The van der Waals surface area contributed by atoms with Crippen LogP contribution in [0.15, 0.2) is 31.0 Å². The Labute approximate surface area is 192 Å². The number of nitrogens with one attached hydrogen (secondary N) is 1. The summed E-state index contributed by atoms with van der Waals surface area (Å²) in [6.07, 6.45) is 5.15. The summed E-state index contributed by atoms with van der Waals surface area (Å²) in [5.74, 6) is -2.79. The molecule has 1 fully saturated rings. The summed E-state index contributed by atoms with van der Waals surface area (Å²) < 4.78 is 35.4. The molecule has 1 aromatic carbocycles. The molecule has 4 rings (SSSR count). The van der Waals surface area contributed by atoms with E-state index in [9.17, 15) is 18.4 Å². The zero-order valence-corrected chi connectivity index (χ0v) is 18.8. The van der Waals surface area contributed by atoms with Gasteiger partial charge in [-0.3, -0.25) is 10.1 Å². The van der Waals surface area contributed by atoms with Crippen molar-refractivity contribution in [1.29, 1.82) is 0 Å². The van der Waals surface area contributed by atoms with Gasteiger partial charge < -0.3 is 9.64 Å². The first-order valence-corrected chi connectivity index (χ1v) is 11.2. The van der Waals surface area contributed by atoms with E-state index in [0.29, 0.717) is 13.1 Å². The van der Waals surface area contributed by atoms with Crippen LogP contribution in [0.25, 0.3) is 5.69 Å². The van der Waals surface area contributed by atoms with Crippen LogP contribution in [0.5, 0.6) is 0 Å². The summed E-state index contributed by atoms with van der Waals surface area (Å²) in [5, 5.41) is 6.54. The van der Waals surface area contributed by atoms with Gasteiger partial charge in [0.05, 0.1) is 11.8 Å². The maximum Gasteiger partial charge on any atom is 0.410 e. The Balaban J connectivity index is 1.39. The highest BCUT2D eigenvalue weighted by molar-refractivity contribution is 7.15. The maximum absolute atomic E-state index is 14.5. The third-order valence-corrected chi connectivity index (χ3v) is 6.25. The van der Waals surface area contributed by atoms with Crippen LogP contribution in [-0.2, 0) is 4.74 Å². The molecule has 174 valence electrons. The molecule has 0 saturated carbocycles. The van der Waals surface area contributed by atoms with Gasteiger partial charge in [-0.2, -0.15) is 5.10 Å². The van der Waals surface area contributed by atoms with E-state index in [1.807, 2.05) is 0 Å². The monoisotopic (exact) mass is 476 g/mol. The van der Waals surface area contributed by atoms with Crippen molar-refractivity contribution in [3.05, 3.63) is 53.1 Å². The number of aromatic nitrogens is 4. The zero-order valence-electron chi connectivity index (χ0n) is 18.0. The van der Waals surface area contributed by atoms with Crippen molar-refractivity contribution in [2.75, 3.05) is 18.4 Å². The first-order chi connectivity index (χ1) is 15.8. The van der Waals surface area contributed by atoms with Crippen molar-refractivity contribution >= 4 is 28.5 Å². The van der Waals surface area contributed by atoms with Gasteiger partial charge in [-0.05, 0) is 32.6 Å². The number of halogens is 2. The molecule has 0 atom stereocenters. The number of anilines is 1. The first kappa shape index (κ1) is 22.8. The first-order valence-electron chi connectivity index (χ1n) is 10.4. The lowest BCUT2D eigenvalue weighted by Gasteiger charge is -2.31. The lowest BCUT2D eigenvalue weighted by molar-refractivity contribution is 0.0693. The topological polar surface area (TPSA) is 102 Å². The van der Waals surface area contributed by atoms with Crippen LogP contribution in [-0.4, -0.2) is 55.8 Å². The minimum Gasteiger partial charge on any atom is -0.447 e. The molecule has 33 heavy (non-hydrogen) atoms. The van der Waals surface area contributed by atoms with Gasteiger partial charge in [0.2, 0.25) is 0 Å².